The zero-order valence-electron chi connectivity index (χ0n) is 10.6. The Labute approximate surface area is 102 Å². The zero-order valence-corrected chi connectivity index (χ0v) is 10.6. The van der Waals surface area contributed by atoms with Crippen molar-refractivity contribution in [1.82, 2.24) is 5.32 Å². The van der Waals surface area contributed by atoms with Crippen LogP contribution in [0.5, 0.6) is 0 Å². The van der Waals surface area contributed by atoms with E-state index in [1.54, 1.807) is 12.3 Å². The van der Waals surface area contributed by atoms with Crippen molar-refractivity contribution in [2.24, 2.45) is 10.9 Å². The highest BCUT2D eigenvalue weighted by Crippen LogP contribution is 2.17. The number of hydrogen-bond donors (Lipinski definition) is 1. The van der Waals surface area contributed by atoms with Gasteiger partial charge in [0.15, 0.2) is 0 Å². The van der Waals surface area contributed by atoms with Crippen molar-refractivity contribution in [3.05, 3.63) is 41.3 Å². The van der Waals surface area contributed by atoms with E-state index in [-0.39, 0.29) is 5.82 Å². The molecule has 0 saturated heterocycles. The molecule has 0 aliphatic carbocycles. The first-order chi connectivity index (χ1) is 8.04. The van der Waals surface area contributed by atoms with Crippen molar-refractivity contribution in [3.8, 4) is 0 Å². The first-order valence-corrected chi connectivity index (χ1v) is 5.71. The maximum Gasteiger partial charge on any atom is 0.132 e. The average Bonchev–Trinajstić information content (AvgIpc) is 2.24. The molecule has 0 atom stereocenters. The minimum Gasteiger partial charge on any atom is -0.383 e. The molecular weight excluding hydrogens is 215 g/mol. The SMILES string of the molecule is C=N/C=C(\NCC(C)C)c1ccc(C)cc1F. The molecule has 0 spiro atoms. The normalized spacial score (nSPS) is 11.7. The first kappa shape index (κ1) is 13.4. The van der Waals surface area contributed by atoms with Gasteiger partial charge in [-0.05, 0) is 37.3 Å². The van der Waals surface area contributed by atoms with Crippen LogP contribution in [0.25, 0.3) is 5.70 Å². The highest BCUT2D eigenvalue weighted by Gasteiger charge is 2.08. The lowest BCUT2D eigenvalue weighted by atomic mass is 10.1. The maximum absolute atomic E-state index is 13.8. The molecule has 0 saturated carbocycles. The molecule has 0 fully saturated rings. The fraction of sp³-hybridized carbons (Fsp3) is 0.357. The Kier molecular flexibility index (Phi) is 4.88. The van der Waals surface area contributed by atoms with E-state index < -0.39 is 0 Å². The molecule has 17 heavy (non-hydrogen) atoms. The van der Waals surface area contributed by atoms with Crippen molar-refractivity contribution < 1.29 is 4.39 Å². The monoisotopic (exact) mass is 234 g/mol. The lowest BCUT2D eigenvalue weighted by Gasteiger charge is -2.13. The summed E-state index contributed by atoms with van der Waals surface area (Å²) in [5, 5.41) is 3.18. The summed E-state index contributed by atoms with van der Waals surface area (Å²) >= 11 is 0. The number of aryl methyl sites for hydroxylation is 1. The van der Waals surface area contributed by atoms with Gasteiger partial charge in [0.2, 0.25) is 0 Å². The summed E-state index contributed by atoms with van der Waals surface area (Å²) < 4.78 is 13.8. The van der Waals surface area contributed by atoms with Crippen LogP contribution in [0.15, 0.2) is 29.4 Å². The number of benzene rings is 1. The summed E-state index contributed by atoms with van der Waals surface area (Å²) in [6.45, 7) is 10.2. The summed E-state index contributed by atoms with van der Waals surface area (Å²) in [7, 11) is 0. The summed E-state index contributed by atoms with van der Waals surface area (Å²) in [4.78, 5) is 3.71. The average molecular weight is 234 g/mol. The van der Waals surface area contributed by atoms with Gasteiger partial charge >= 0.3 is 0 Å². The Morgan fingerprint density at radius 3 is 2.76 bits per heavy atom. The number of nitrogens with one attached hydrogen (secondary N) is 1. The Morgan fingerprint density at radius 2 is 2.24 bits per heavy atom. The number of hydrogen-bond acceptors (Lipinski definition) is 2. The fourth-order valence-corrected chi connectivity index (χ4v) is 1.45. The molecular formula is C14H19FN2. The van der Waals surface area contributed by atoms with Gasteiger partial charge in [-0.15, -0.1) is 0 Å². The van der Waals surface area contributed by atoms with Gasteiger partial charge in [0.05, 0.1) is 5.70 Å². The first-order valence-electron chi connectivity index (χ1n) is 5.71. The van der Waals surface area contributed by atoms with Crippen molar-refractivity contribution in [3.63, 3.8) is 0 Å². The van der Waals surface area contributed by atoms with E-state index in [1.807, 2.05) is 13.0 Å². The molecule has 0 radical (unpaired) electrons. The van der Waals surface area contributed by atoms with E-state index in [1.165, 1.54) is 6.07 Å². The van der Waals surface area contributed by atoms with Crippen molar-refractivity contribution in [2.75, 3.05) is 6.54 Å². The Bertz CT molecular complexity index is 422. The number of nitrogens with zero attached hydrogens (tertiary/aromatic N) is 1. The second kappa shape index (κ2) is 6.18. The lowest BCUT2D eigenvalue weighted by Crippen LogP contribution is -2.18. The molecule has 0 bridgehead atoms. The molecule has 2 nitrogen and oxygen atoms in total. The minimum atomic E-state index is -0.240. The molecule has 0 unspecified atom stereocenters. The molecule has 0 amide bonds. The predicted octanol–water partition coefficient (Wildman–Crippen LogP) is 3.38. The van der Waals surface area contributed by atoms with Gasteiger partial charge in [-0.3, -0.25) is 4.99 Å². The largest absolute Gasteiger partial charge is 0.383 e. The molecule has 0 aliphatic heterocycles. The van der Waals surface area contributed by atoms with Gasteiger partial charge in [-0.1, -0.05) is 19.9 Å². The second-order valence-corrected chi connectivity index (χ2v) is 4.48. The van der Waals surface area contributed by atoms with Crippen LogP contribution in [0.2, 0.25) is 0 Å². The van der Waals surface area contributed by atoms with E-state index in [9.17, 15) is 4.39 Å². The zero-order chi connectivity index (χ0) is 12.8. The van der Waals surface area contributed by atoms with Gasteiger partial charge in [-0.25, -0.2) is 4.39 Å². The van der Waals surface area contributed by atoms with Crippen molar-refractivity contribution in [1.29, 1.82) is 0 Å². The van der Waals surface area contributed by atoms with E-state index >= 15 is 0 Å². The Balaban J connectivity index is 2.98. The second-order valence-electron chi connectivity index (χ2n) is 4.48. The smallest absolute Gasteiger partial charge is 0.132 e. The third-order valence-electron chi connectivity index (χ3n) is 2.34. The summed E-state index contributed by atoms with van der Waals surface area (Å²) in [5.74, 6) is 0.243. The van der Waals surface area contributed by atoms with Gasteiger partial charge < -0.3 is 5.32 Å². The molecule has 0 aromatic heterocycles. The third kappa shape index (κ3) is 4.02. The maximum atomic E-state index is 13.8. The van der Waals surface area contributed by atoms with E-state index in [2.05, 4.69) is 30.9 Å². The van der Waals surface area contributed by atoms with Crippen LogP contribution in [0.1, 0.15) is 25.0 Å². The molecule has 1 rings (SSSR count). The van der Waals surface area contributed by atoms with Crippen LogP contribution in [-0.2, 0) is 0 Å². The van der Waals surface area contributed by atoms with Crippen molar-refractivity contribution >= 4 is 12.4 Å². The minimum absolute atomic E-state index is 0.240. The number of aliphatic imine (C=N–C) groups is 1. The quantitative estimate of drug-likeness (QED) is 0.776. The molecule has 0 aliphatic rings. The Hall–Kier alpha value is -1.64. The highest BCUT2D eigenvalue weighted by atomic mass is 19.1. The standard InChI is InChI=1S/C14H19FN2/c1-10(2)8-17-14(9-16-4)12-6-5-11(3)7-13(12)15/h5-7,9-10,17H,4,8H2,1-3H3/b14-9-. The lowest BCUT2D eigenvalue weighted by molar-refractivity contribution is 0.603. The van der Waals surface area contributed by atoms with Gasteiger partial charge in [0.1, 0.15) is 5.82 Å². The van der Waals surface area contributed by atoms with Crippen LogP contribution >= 0.6 is 0 Å². The number of halogens is 1. The van der Waals surface area contributed by atoms with E-state index in [0.717, 1.165) is 12.1 Å². The molecule has 3 heteroatoms. The molecule has 1 N–H and O–H groups in total. The molecule has 1 aromatic rings. The summed E-state index contributed by atoms with van der Waals surface area (Å²) in [6, 6.07) is 5.16. The molecule has 0 heterocycles. The van der Waals surface area contributed by atoms with E-state index in [0.29, 0.717) is 17.2 Å². The van der Waals surface area contributed by atoms with Crippen LogP contribution in [0.3, 0.4) is 0 Å². The number of rotatable bonds is 5. The van der Waals surface area contributed by atoms with Crippen LogP contribution in [-0.4, -0.2) is 13.3 Å². The van der Waals surface area contributed by atoms with Gasteiger partial charge in [-0.2, -0.15) is 0 Å². The van der Waals surface area contributed by atoms with Crippen molar-refractivity contribution in [2.45, 2.75) is 20.8 Å². The Morgan fingerprint density at radius 1 is 1.53 bits per heavy atom. The summed E-state index contributed by atoms with van der Waals surface area (Å²) in [6.07, 6.45) is 1.55. The fourth-order valence-electron chi connectivity index (χ4n) is 1.45. The molecule has 1 aromatic carbocycles. The van der Waals surface area contributed by atoms with Crippen LogP contribution in [0.4, 0.5) is 4.39 Å². The molecule has 92 valence electrons. The highest BCUT2D eigenvalue weighted by molar-refractivity contribution is 5.65. The van der Waals surface area contributed by atoms with Gasteiger partial charge in [0.25, 0.3) is 0 Å². The van der Waals surface area contributed by atoms with Crippen LogP contribution < -0.4 is 5.32 Å². The topological polar surface area (TPSA) is 24.4 Å². The predicted molar refractivity (Wildman–Crippen MR) is 71.5 cm³/mol. The summed E-state index contributed by atoms with van der Waals surface area (Å²) in [5.41, 5.74) is 2.11. The van der Waals surface area contributed by atoms with Crippen LogP contribution in [0, 0.1) is 18.7 Å². The van der Waals surface area contributed by atoms with E-state index in [4.69, 9.17) is 0 Å². The third-order valence-corrected chi connectivity index (χ3v) is 2.34. The van der Waals surface area contributed by atoms with Gasteiger partial charge in [0, 0.05) is 18.3 Å².